The summed E-state index contributed by atoms with van der Waals surface area (Å²) in [5.74, 6) is -10.7. The summed E-state index contributed by atoms with van der Waals surface area (Å²) in [5.41, 5.74) is -2.53. The number of benzene rings is 3. The lowest BCUT2D eigenvalue weighted by Crippen LogP contribution is -2.30. The van der Waals surface area contributed by atoms with Crippen molar-refractivity contribution >= 4 is 17.5 Å². The molecule has 4 nitrogen and oxygen atoms in total. The number of halogens is 7. The number of hydrogen-bond acceptors (Lipinski definition) is 3. The number of carbonyl (C=O) groups excluding carboxylic acids is 2. The highest BCUT2D eigenvalue weighted by atomic mass is 19.4. The molecule has 0 aromatic heterocycles. The molecule has 3 aromatic carbocycles. The summed E-state index contributed by atoms with van der Waals surface area (Å²) in [4.78, 5) is 25.4. The summed E-state index contributed by atoms with van der Waals surface area (Å²) in [6.45, 7) is 0. The second-order valence-corrected chi connectivity index (χ2v) is 6.59. The predicted octanol–water partition coefficient (Wildman–Crippen LogP) is 5.85. The normalized spacial score (nSPS) is 13.5. The van der Waals surface area contributed by atoms with Gasteiger partial charge in [-0.1, -0.05) is 12.1 Å². The monoisotopic (exact) mass is 455 g/mol. The standard InChI is InChI=1S/C21H8F7NO3/c22-12-7-13(23)17(32-18-14(24)5-9(6-15(18)25)21(26,27)28)8-16(12)29-19(30)10-3-1-2-4-11(10)20(29)31/h1-8H. The highest BCUT2D eigenvalue weighted by molar-refractivity contribution is 6.34. The summed E-state index contributed by atoms with van der Waals surface area (Å²) in [5, 5.41) is 0. The minimum absolute atomic E-state index is 0.0523. The van der Waals surface area contributed by atoms with Crippen LogP contribution in [0.15, 0.2) is 48.5 Å². The van der Waals surface area contributed by atoms with Crippen LogP contribution in [0.3, 0.4) is 0 Å². The van der Waals surface area contributed by atoms with Gasteiger partial charge in [-0.05, 0) is 24.3 Å². The number of imide groups is 1. The molecule has 0 saturated carbocycles. The topological polar surface area (TPSA) is 46.6 Å². The molecule has 164 valence electrons. The Bertz CT molecular complexity index is 1230. The van der Waals surface area contributed by atoms with Gasteiger partial charge in [0.05, 0.1) is 22.4 Å². The van der Waals surface area contributed by atoms with Gasteiger partial charge in [0.2, 0.25) is 0 Å². The van der Waals surface area contributed by atoms with Crippen molar-refractivity contribution in [2.75, 3.05) is 4.90 Å². The predicted molar refractivity (Wildman–Crippen MR) is 95.4 cm³/mol. The molecular formula is C21H8F7NO3. The zero-order chi connectivity index (χ0) is 23.4. The number of rotatable bonds is 3. The van der Waals surface area contributed by atoms with Crippen LogP contribution in [0, 0.1) is 23.3 Å². The second kappa shape index (κ2) is 7.36. The molecule has 32 heavy (non-hydrogen) atoms. The quantitative estimate of drug-likeness (QED) is 0.368. The minimum atomic E-state index is -5.06. The Balaban J connectivity index is 1.76. The van der Waals surface area contributed by atoms with Crippen LogP contribution < -0.4 is 9.64 Å². The lowest BCUT2D eigenvalue weighted by atomic mass is 10.1. The van der Waals surface area contributed by atoms with Crippen LogP contribution in [0.1, 0.15) is 26.3 Å². The Hall–Kier alpha value is -3.89. The average Bonchev–Trinajstić information content (AvgIpc) is 2.96. The van der Waals surface area contributed by atoms with E-state index in [1.807, 2.05) is 0 Å². The fourth-order valence-electron chi connectivity index (χ4n) is 3.11. The van der Waals surface area contributed by atoms with Crippen LogP contribution >= 0.6 is 0 Å². The fourth-order valence-corrected chi connectivity index (χ4v) is 3.11. The molecule has 1 aliphatic heterocycles. The number of nitrogens with zero attached hydrogens (tertiary/aromatic N) is 1. The molecule has 0 N–H and O–H groups in total. The van der Waals surface area contributed by atoms with Crippen LogP contribution in [0.5, 0.6) is 11.5 Å². The molecule has 0 unspecified atom stereocenters. The molecule has 0 bridgehead atoms. The Morgan fingerprint density at radius 1 is 0.719 bits per heavy atom. The first kappa shape index (κ1) is 21.3. The molecule has 0 spiro atoms. The largest absolute Gasteiger partial charge is 0.448 e. The summed E-state index contributed by atoms with van der Waals surface area (Å²) >= 11 is 0. The first-order chi connectivity index (χ1) is 15.0. The van der Waals surface area contributed by atoms with Gasteiger partial charge in [-0.3, -0.25) is 9.59 Å². The lowest BCUT2D eigenvalue weighted by Gasteiger charge is -2.17. The highest BCUT2D eigenvalue weighted by Crippen LogP contribution is 2.39. The van der Waals surface area contributed by atoms with Gasteiger partial charge in [0.15, 0.2) is 34.8 Å². The van der Waals surface area contributed by atoms with E-state index in [-0.39, 0.29) is 29.3 Å². The van der Waals surface area contributed by atoms with Gasteiger partial charge in [0.1, 0.15) is 0 Å². The van der Waals surface area contributed by atoms with Gasteiger partial charge >= 0.3 is 6.18 Å². The first-order valence-corrected chi connectivity index (χ1v) is 8.70. The van der Waals surface area contributed by atoms with E-state index in [0.717, 1.165) is 0 Å². The number of anilines is 1. The lowest BCUT2D eigenvalue weighted by molar-refractivity contribution is -0.138. The fraction of sp³-hybridized carbons (Fsp3) is 0.0476. The summed E-state index contributed by atoms with van der Waals surface area (Å²) in [7, 11) is 0. The maximum Gasteiger partial charge on any atom is 0.416 e. The number of fused-ring (bicyclic) bond motifs is 1. The molecule has 3 aromatic rings. The molecule has 2 amide bonds. The number of carbonyl (C=O) groups is 2. The molecule has 4 rings (SSSR count). The molecule has 11 heteroatoms. The maximum absolute atomic E-state index is 14.4. The zero-order valence-corrected chi connectivity index (χ0v) is 15.4. The minimum Gasteiger partial charge on any atom is -0.448 e. The van der Waals surface area contributed by atoms with Crippen LogP contribution in [0.25, 0.3) is 0 Å². The van der Waals surface area contributed by atoms with E-state index in [1.54, 1.807) is 0 Å². The molecule has 1 heterocycles. The van der Waals surface area contributed by atoms with Gasteiger partial charge in [-0.2, -0.15) is 13.2 Å². The molecular weight excluding hydrogens is 447 g/mol. The van der Waals surface area contributed by atoms with E-state index in [2.05, 4.69) is 0 Å². The third-order valence-electron chi connectivity index (χ3n) is 4.57. The average molecular weight is 455 g/mol. The Kier molecular flexibility index (Phi) is 4.91. The van der Waals surface area contributed by atoms with Gasteiger partial charge in [-0.25, -0.2) is 22.5 Å². The van der Waals surface area contributed by atoms with Crippen molar-refractivity contribution < 1.29 is 45.1 Å². The first-order valence-electron chi connectivity index (χ1n) is 8.70. The third kappa shape index (κ3) is 3.45. The van der Waals surface area contributed by atoms with E-state index >= 15 is 0 Å². The number of ether oxygens (including phenoxy) is 1. The Morgan fingerprint density at radius 3 is 1.75 bits per heavy atom. The van der Waals surface area contributed by atoms with Gasteiger partial charge < -0.3 is 4.74 Å². The SMILES string of the molecule is O=C1c2ccccc2C(=O)N1c1cc(Oc2c(F)cc(C(F)(F)F)cc2F)c(F)cc1F. The van der Waals surface area contributed by atoms with Crippen LogP contribution in [-0.2, 0) is 6.18 Å². The zero-order valence-electron chi connectivity index (χ0n) is 15.4. The van der Waals surface area contributed by atoms with Crippen molar-refractivity contribution in [2.45, 2.75) is 6.18 Å². The van der Waals surface area contributed by atoms with Gasteiger partial charge in [0, 0.05) is 12.1 Å². The maximum atomic E-state index is 14.4. The van der Waals surface area contributed by atoms with E-state index in [0.29, 0.717) is 11.0 Å². The number of hydrogen-bond donors (Lipinski definition) is 0. The van der Waals surface area contributed by atoms with E-state index < -0.39 is 64.0 Å². The van der Waals surface area contributed by atoms with Crippen molar-refractivity contribution in [2.24, 2.45) is 0 Å². The third-order valence-corrected chi connectivity index (χ3v) is 4.57. The van der Waals surface area contributed by atoms with E-state index in [4.69, 9.17) is 4.74 Å². The summed E-state index contributed by atoms with van der Waals surface area (Å²) < 4.78 is 99.5. The molecule has 0 fully saturated rings. The van der Waals surface area contributed by atoms with Crippen molar-refractivity contribution in [3.63, 3.8) is 0 Å². The summed E-state index contributed by atoms with van der Waals surface area (Å²) in [6, 6.07) is 6.11. The van der Waals surface area contributed by atoms with Gasteiger partial charge in [0.25, 0.3) is 11.8 Å². The molecule has 0 radical (unpaired) electrons. The Morgan fingerprint density at radius 2 is 1.25 bits per heavy atom. The van der Waals surface area contributed by atoms with Crippen molar-refractivity contribution in [1.82, 2.24) is 0 Å². The van der Waals surface area contributed by atoms with Crippen LogP contribution in [0.2, 0.25) is 0 Å². The summed E-state index contributed by atoms with van der Waals surface area (Å²) in [6.07, 6.45) is -5.06. The van der Waals surface area contributed by atoms with Crippen LogP contribution in [0.4, 0.5) is 36.4 Å². The Labute approximate surface area is 174 Å². The second-order valence-electron chi connectivity index (χ2n) is 6.59. The van der Waals surface area contributed by atoms with Crippen LogP contribution in [-0.4, -0.2) is 11.8 Å². The van der Waals surface area contributed by atoms with E-state index in [1.165, 1.54) is 24.3 Å². The van der Waals surface area contributed by atoms with E-state index in [9.17, 15) is 40.3 Å². The highest BCUT2D eigenvalue weighted by Gasteiger charge is 2.38. The van der Waals surface area contributed by atoms with Gasteiger partial charge in [-0.15, -0.1) is 0 Å². The molecule has 0 aliphatic carbocycles. The molecule has 0 atom stereocenters. The smallest absolute Gasteiger partial charge is 0.416 e. The van der Waals surface area contributed by atoms with Crippen molar-refractivity contribution in [1.29, 1.82) is 0 Å². The molecule has 0 saturated heterocycles. The number of amides is 2. The van der Waals surface area contributed by atoms with Crippen molar-refractivity contribution in [3.05, 3.63) is 88.5 Å². The van der Waals surface area contributed by atoms with Crippen molar-refractivity contribution in [3.8, 4) is 11.5 Å². The molecule has 1 aliphatic rings. The number of alkyl halides is 3.